The van der Waals surface area contributed by atoms with Gasteiger partial charge in [0.2, 0.25) is 0 Å². The Morgan fingerprint density at radius 3 is 2.63 bits per heavy atom. The molecule has 1 atom stereocenters. The summed E-state index contributed by atoms with van der Waals surface area (Å²) < 4.78 is 1.93. The molecule has 5 heteroatoms. The highest BCUT2D eigenvalue weighted by Gasteiger charge is 2.33. The Labute approximate surface area is 116 Å². The number of nitrogens with zero attached hydrogens (tertiary/aromatic N) is 4. The highest BCUT2D eigenvalue weighted by Crippen LogP contribution is 2.28. The van der Waals surface area contributed by atoms with Crippen molar-refractivity contribution >= 4 is 0 Å². The molecule has 2 heterocycles. The fraction of sp³-hybridized carbons (Fsp3) is 0.857. The van der Waals surface area contributed by atoms with Gasteiger partial charge >= 0.3 is 0 Å². The molecule has 2 N–H and O–H groups in total. The van der Waals surface area contributed by atoms with Gasteiger partial charge in [-0.25, -0.2) is 4.68 Å². The molecule has 0 saturated carbocycles. The predicted octanol–water partition coefficient (Wildman–Crippen LogP) is 1.59. The Morgan fingerprint density at radius 2 is 2.11 bits per heavy atom. The number of aromatic nitrogens is 3. The normalized spacial score (nSPS) is 24.6. The van der Waals surface area contributed by atoms with E-state index in [4.69, 9.17) is 5.73 Å². The molecular formula is C14H27N5. The third kappa shape index (κ3) is 3.34. The number of nitrogens with two attached hydrogens (primary N) is 1. The maximum atomic E-state index is 6.17. The van der Waals surface area contributed by atoms with Gasteiger partial charge in [-0.1, -0.05) is 19.1 Å². The van der Waals surface area contributed by atoms with Gasteiger partial charge in [0.25, 0.3) is 0 Å². The second kappa shape index (κ2) is 4.87. The van der Waals surface area contributed by atoms with Gasteiger partial charge in [-0.2, -0.15) is 0 Å². The van der Waals surface area contributed by atoms with E-state index in [1.165, 1.54) is 0 Å². The zero-order valence-corrected chi connectivity index (χ0v) is 12.8. The van der Waals surface area contributed by atoms with E-state index in [9.17, 15) is 0 Å². The predicted molar refractivity (Wildman–Crippen MR) is 76.7 cm³/mol. The van der Waals surface area contributed by atoms with Crippen LogP contribution in [0.5, 0.6) is 0 Å². The third-order valence-electron chi connectivity index (χ3n) is 4.00. The molecule has 1 fully saturated rings. The fourth-order valence-electron chi connectivity index (χ4n) is 2.55. The van der Waals surface area contributed by atoms with Crippen LogP contribution in [0.15, 0.2) is 6.20 Å². The Hall–Kier alpha value is -0.940. The molecule has 1 aromatic heterocycles. The van der Waals surface area contributed by atoms with E-state index in [2.05, 4.69) is 56.0 Å². The lowest BCUT2D eigenvalue weighted by Crippen LogP contribution is -2.52. The van der Waals surface area contributed by atoms with Crippen LogP contribution < -0.4 is 5.73 Å². The summed E-state index contributed by atoms with van der Waals surface area (Å²) >= 11 is 0. The summed E-state index contributed by atoms with van der Waals surface area (Å²) in [6.07, 6.45) is 3.11. The fourth-order valence-corrected chi connectivity index (χ4v) is 2.55. The topological polar surface area (TPSA) is 60.0 Å². The van der Waals surface area contributed by atoms with Gasteiger partial charge in [-0.3, -0.25) is 4.90 Å². The number of likely N-dealkylation sites (tertiary alicyclic amines) is 1. The Morgan fingerprint density at radius 1 is 1.42 bits per heavy atom. The first-order valence-corrected chi connectivity index (χ1v) is 7.08. The number of piperidine rings is 1. The molecule has 1 aromatic rings. The van der Waals surface area contributed by atoms with Gasteiger partial charge in [0.1, 0.15) is 0 Å². The van der Waals surface area contributed by atoms with Crippen molar-refractivity contribution in [1.29, 1.82) is 0 Å². The molecule has 0 spiro atoms. The van der Waals surface area contributed by atoms with Gasteiger partial charge in [0.05, 0.1) is 17.4 Å². The summed E-state index contributed by atoms with van der Waals surface area (Å²) in [5.41, 5.74) is 7.39. The van der Waals surface area contributed by atoms with Gasteiger partial charge in [0.15, 0.2) is 0 Å². The van der Waals surface area contributed by atoms with Crippen molar-refractivity contribution in [3.8, 4) is 0 Å². The number of rotatable bonds is 2. The first kappa shape index (κ1) is 14.5. The average molecular weight is 265 g/mol. The molecule has 108 valence electrons. The van der Waals surface area contributed by atoms with Crippen LogP contribution in [-0.4, -0.2) is 39.0 Å². The quantitative estimate of drug-likeness (QED) is 0.882. The summed E-state index contributed by atoms with van der Waals surface area (Å²) in [5.74, 6) is 0. The zero-order chi connectivity index (χ0) is 14.3. The van der Waals surface area contributed by atoms with Crippen molar-refractivity contribution in [1.82, 2.24) is 19.9 Å². The molecule has 19 heavy (non-hydrogen) atoms. The lowest BCUT2D eigenvalue weighted by Gasteiger charge is -2.42. The first-order chi connectivity index (χ1) is 8.68. The summed E-state index contributed by atoms with van der Waals surface area (Å²) in [5, 5.41) is 8.50. The summed E-state index contributed by atoms with van der Waals surface area (Å²) in [4.78, 5) is 2.43. The largest absolute Gasteiger partial charge is 0.327 e. The molecule has 0 bridgehead atoms. The molecule has 0 aromatic carbocycles. The molecule has 0 aliphatic carbocycles. The van der Waals surface area contributed by atoms with Crippen molar-refractivity contribution < 1.29 is 0 Å². The van der Waals surface area contributed by atoms with E-state index in [0.717, 1.165) is 31.7 Å². The number of hydrogen-bond donors (Lipinski definition) is 1. The minimum absolute atomic E-state index is 0.00519. The smallest absolute Gasteiger partial charge is 0.0967 e. The maximum absolute atomic E-state index is 6.17. The zero-order valence-electron chi connectivity index (χ0n) is 12.8. The van der Waals surface area contributed by atoms with Crippen LogP contribution in [0.1, 0.15) is 46.7 Å². The monoisotopic (exact) mass is 265 g/mol. The van der Waals surface area contributed by atoms with Crippen LogP contribution >= 0.6 is 0 Å². The van der Waals surface area contributed by atoms with Crippen LogP contribution in [0.25, 0.3) is 0 Å². The third-order valence-corrected chi connectivity index (χ3v) is 4.00. The molecule has 5 nitrogen and oxygen atoms in total. The average Bonchev–Trinajstić information content (AvgIpc) is 2.71. The first-order valence-electron chi connectivity index (χ1n) is 7.08. The van der Waals surface area contributed by atoms with Crippen LogP contribution in [0.4, 0.5) is 0 Å². The van der Waals surface area contributed by atoms with Crippen molar-refractivity contribution in [3.05, 3.63) is 11.9 Å². The van der Waals surface area contributed by atoms with Gasteiger partial charge in [0, 0.05) is 25.7 Å². The van der Waals surface area contributed by atoms with Crippen molar-refractivity contribution in [2.24, 2.45) is 11.1 Å². The van der Waals surface area contributed by atoms with Crippen LogP contribution in [0.3, 0.4) is 0 Å². The minimum atomic E-state index is -0.00519. The van der Waals surface area contributed by atoms with Crippen LogP contribution in [0, 0.1) is 5.41 Å². The highest BCUT2D eigenvalue weighted by atomic mass is 15.4. The lowest BCUT2D eigenvalue weighted by molar-refractivity contribution is 0.0889. The van der Waals surface area contributed by atoms with Gasteiger partial charge in [-0.05, 0) is 32.6 Å². The second-order valence-corrected chi connectivity index (χ2v) is 7.42. The molecule has 1 unspecified atom stereocenters. The molecule has 2 rings (SSSR count). The Kier molecular flexibility index (Phi) is 3.71. The second-order valence-electron chi connectivity index (χ2n) is 7.42. The van der Waals surface area contributed by atoms with E-state index < -0.39 is 0 Å². The Bertz CT molecular complexity index is 429. The summed E-state index contributed by atoms with van der Waals surface area (Å²) in [6.45, 7) is 13.8. The Balaban J connectivity index is 2.00. The standard InChI is InChI=1S/C14H27N5/c1-13(2,3)19-9-11(16-17-19)8-18-7-6-12(15)14(4,5)10-18/h9,12H,6-8,10,15H2,1-5H3. The lowest BCUT2D eigenvalue weighted by atomic mass is 9.80. The number of hydrogen-bond acceptors (Lipinski definition) is 4. The van der Waals surface area contributed by atoms with E-state index in [1.807, 2.05) is 4.68 Å². The summed E-state index contributed by atoms with van der Waals surface area (Å²) in [6, 6.07) is 0.300. The van der Waals surface area contributed by atoms with E-state index >= 15 is 0 Å². The van der Waals surface area contributed by atoms with Crippen LogP contribution in [0.2, 0.25) is 0 Å². The van der Waals surface area contributed by atoms with Crippen molar-refractivity contribution in [2.75, 3.05) is 13.1 Å². The van der Waals surface area contributed by atoms with Crippen molar-refractivity contribution in [3.63, 3.8) is 0 Å². The molecule has 1 aliphatic heterocycles. The maximum Gasteiger partial charge on any atom is 0.0967 e. The van der Waals surface area contributed by atoms with Gasteiger partial charge < -0.3 is 5.73 Å². The van der Waals surface area contributed by atoms with E-state index in [1.54, 1.807) is 0 Å². The molecule has 0 radical (unpaired) electrons. The van der Waals surface area contributed by atoms with E-state index in [0.29, 0.717) is 6.04 Å². The van der Waals surface area contributed by atoms with Crippen LogP contribution in [-0.2, 0) is 12.1 Å². The summed E-state index contributed by atoms with van der Waals surface area (Å²) in [7, 11) is 0. The molecular weight excluding hydrogens is 238 g/mol. The highest BCUT2D eigenvalue weighted by molar-refractivity contribution is 4.97. The van der Waals surface area contributed by atoms with Crippen molar-refractivity contribution in [2.45, 2.75) is 59.2 Å². The molecule has 0 amide bonds. The molecule has 1 saturated heterocycles. The van der Waals surface area contributed by atoms with Gasteiger partial charge in [-0.15, -0.1) is 5.10 Å². The molecule has 1 aliphatic rings. The minimum Gasteiger partial charge on any atom is -0.327 e. The van der Waals surface area contributed by atoms with E-state index in [-0.39, 0.29) is 11.0 Å². The SMILES string of the molecule is CC1(C)CN(Cc2cn(C(C)(C)C)nn2)CCC1N.